The molecule has 0 radical (unpaired) electrons. The van der Waals surface area contributed by atoms with Crippen molar-refractivity contribution >= 4 is 49.8 Å². The summed E-state index contributed by atoms with van der Waals surface area (Å²) in [6.07, 6.45) is 0. The maximum atomic E-state index is 13.6. The summed E-state index contributed by atoms with van der Waals surface area (Å²) < 4.78 is 27.9. The number of aromatic nitrogens is 1. The van der Waals surface area contributed by atoms with Crippen molar-refractivity contribution in [2.45, 2.75) is 28.9 Å². The topological polar surface area (TPSA) is 88.2 Å². The fourth-order valence-electron chi connectivity index (χ4n) is 4.05. The lowest BCUT2D eigenvalue weighted by Crippen LogP contribution is -2.19. The Labute approximate surface area is 242 Å². The van der Waals surface area contributed by atoms with E-state index in [9.17, 15) is 13.2 Å². The first-order chi connectivity index (χ1) is 19.3. The number of benzene rings is 4. The predicted octanol–water partition coefficient (Wildman–Crippen LogP) is 7.70. The Kier molecular flexibility index (Phi) is 8.35. The number of thiazole rings is 1. The van der Waals surface area contributed by atoms with Gasteiger partial charge in [0.05, 0.1) is 10.6 Å². The van der Waals surface area contributed by atoms with Crippen LogP contribution >= 0.6 is 23.1 Å². The van der Waals surface area contributed by atoms with Gasteiger partial charge in [0, 0.05) is 21.0 Å². The van der Waals surface area contributed by atoms with Crippen LogP contribution in [0.15, 0.2) is 119 Å². The molecule has 5 aromatic rings. The van der Waals surface area contributed by atoms with E-state index in [-0.39, 0.29) is 10.8 Å². The van der Waals surface area contributed by atoms with Crippen molar-refractivity contribution < 1.29 is 13.2 Å². The lowest BCUT2D eigenvalue weighted by molar-refractivity contribution is -0.115. The number of hydrogen-bond donors (Lipinski definition) is 2. The van der Waals surface area contributed by atoms with E-state index in [1.807, 2.05) is 68.4 Å². The highest BCUT2D eigenvalue weighted by atomic mass is 32.2. The second kappa shape index (κ2) is 12.1. The summed E-state index contributed by atoms with van der Waals surface area (Å²) in [6, 6.07) is 32.9. The fourth-order valence-corrected chi connectivity index (χ4v) is 7.00. The third kappa shape index (κ3) is 6.62. The van der Waals surface area contributed by atoms with Gasteiger partial charge >= 0.3 is 0 Å². The van der Waals surface area contributed by atoms with E-state index < -0.39 is 15.3 Å². The van der Waals surface area contributed by atoms with Crippen molar-refractivity contribution in [1.29, 1.82) is 0 Å². The van der Waals surface area contributed by atoms with Crippen molar-refractivity contribution in [2.24, 2.45) is 0 Å². The molecule has 5 rings (SSSR count). The van der Waals surface area contributed by atoms with Crippen LogP contribution in [-0.2, 0) is 14.8 Å². The molecular formula is C31H27N3O3S3. The Hall–Kier alpha value is -3.92. The van der Waals surface area contributed by atoms with Gasteiger partial charge in [-0.1, -0.05) is 78.4 Å². The minimum atomic E-state index is -3.69. The van der Waals surface area contributed by atoms with Gasteiger partial charge in [0.1, 0.15) is 5.25 Å². The molecule has 1 amide bonds. The number of sulfonamides is 1. The van der Waals surface area contributed by atoms with E-state index >= 15 is 0 Å². The number of aryl methyl sites for hydroxylation is 2. The molecule has 2 N–H and O–H groups in total. The van der Waals surface area contributed by atoms with Crippen LogP contribution in [0.25, 0.3) is 11.3 Å². The van der Waals surface area contributed by atoms with Crippen LogP contribution in [-0.4, -0.2) is 19.3 Å². The number of hydrogen-bond acceptors (Lipinski definition) is 6. The molecule has 4 aromatic carbocycles. The highest BCUT2D eigenvalue weighted by Crippen LogP contribution is 2.38. The number of thioether (sulfide) groups is 1. The summed E-state index contributed by atoms with van der Waals surface area (Å²) in [5.41, 5.74) is 4.34. The van der Waals surface area contributed by atoms with E-state index in [1.54, 1.807) is 54.6 Å². The van der Waals surface area contributed by atoms with Gasteiger partial charge in [-0.2, -0.15) is 0 Å². The van der Waals surface area contributed by atoms with E-state index in [2.05, 4.69) is 10.0 Å². The first-order valence-corrected chi connectivity index (χ1v) is 15.7. The molecule has 0 fully saturated rings. The third-order valence-electron chi connectivity index (χ3n) is 6.11. The van der Waals surface area contributed by atoms with Gasteiger partial charge in [0.15, 0.2) is 5.13 Å². The van der Waals surface area contributed by atoms with Crippen molar-refractivity contribution in [1.82, 2.24) is 4.98 Å². The molecule has 40 heavy (non-hydrogen) atoms. The Morgan fingerprint density at radius 1 is 0.825 bits per heavy atom. The SMILES string of the molecule is Cc1ccc(-c2nc(NC(=O)C(Sc3ccc(NS(=O)(=O)c4ccccc4)cc3)c3ccccc3)sc2C)cc1. The Morgan fingerprint density at radius 2 is 1.45 bits per heavy atom. The number of carbonyl (C=O) groups is 1. The quantitative estimate of drug-likeness (QED) is 0.173. The number of anilines is 2. The van der Waals surface area contributed by atoms with E-state index in [0.29, 0.717) is 10.8 Å². The molecule has 0 saturated heterocycles. The maximum Gasteiger partial charge on any atom is 0.261 e. The average Bonchev–Trinajstić information content (AvgIpc) is 3.33. The molecule has 0 aliphatic rings. The molecule has 9 heteroatoms. The molecule has 1 aromatic heterocycles. The molecule has 0 aliphatic carbocycles. The van der Waals surface area contributed by atoms with Gasteiger partial charge < -0.3 is 5.32 Å². The summed E-state index contributed by atoms with van der Waals surface area (Å²) >= 11 is 2.84. The highest BCUT2D eigenvalue weighted by Gasteiger charge is 2.24. The minimum absolute atomic E-state index is 0.186. The van der Waals surface area contributed by atoms with Crippen LogP contribution in [0, 0.1) is 13.8 Å². The Bertz CT molecular complexity index is 1700. The number of amides is 1. The first-order valence-electron chi connectivity index (χ1n) is 12.5. The van der Waals surface area contributed by atoms with Crippen molar-refractivity contribution in [3.63, 3.8) is 0 Å². The Balaban J connectivity index is 1.33. The van der Waals surface area contributed by atoms with Gasteiger partial charge in [0.25, 0.3) is 10.0 Å². The van der Waals surface area contributed by atoms with Crippen molar-refractivity contribution in [3.05, 3.63) is 125 Å². The normalized spacial score (nSPS) is 12.1. The van der Waals surface area contributed by atoms with E-state index in [4.69, 9.17) is 4.98 Å². The van der Waals surface area contributed by atoms with Gasteiger partial charge in [-0.05, 0) is 55.8 Å². The van der Waals surface area contributed by atoms with Gasteiger partial charge in [0.2, 0.25) is 5.91 Å². The first kappa shape index (κ1) is 27.6. The summed E-state index contributed by atoms with van der Waals surface area (Å²) in [7, 11) is -3.69. The minimum Gasteiger partial charge on any atom is -0.301 e. The monoisotopic (exact) mass is 585 g/mol. The summed E-state index contributed by atoms with van der Waals surface area (Å²) in [5.74, 6) is -0.186. The number of carbonyl (C=O) groups excluding carboxylic acids is 1. The molecule has 1 unspecified atom stereocenters. The number of nitrogens with zero attached hydrogens (tertiary/aromatic N) is 1. The fraction of sp³-hybridized carbons (Fsp3) is 0.0968. The van der Waals surface area contributed by atoms with Gasteiger partial charge in [-0.25, -0.2) is 13.4 Å². The zero-order chi connectivity index (χ0) is 28.1. The smallest absolute Gasteiger partial charge is 0.261 e. The maximum absolute atomic E-state index is 13.6. The zero-order valence-electron chi connectivity index (χ0n) is 21.9. The molecule has 0 spiro atoms. The molecule has 0 bridgehead atoms. The van der Waals surface area contributed by atoms with Crippen LogP contribution in [0.3, 0.4) is 0 Å². The van der Waals surface area contributed by atoms with Crippen LogP contribution < -0.4 is 10.0 Å². The predicted molar refractivity (Wildman–Crippen MR) is 164 cm³/mol. The molecule has 6 nitrogen and oxygen atoms in total. The van der Waals surface area contributed by atoms with E-state index in [0.717, 1.165) is 26.6 Å². The second-order valence-corrected chi connectivity index (χ2v) is 13.2. The van der Waals surface area contributed by atoms with Gasteiger partial charge in [-0.15, -0.1) is 23.1 Å². The zero-order valence-corrected chi connectivity index (χ0v) is 24.3. The third-order valence-corrected chi connectivity index (χ3v) is 9.66. The highest BCUT2D eigenvalue weighted by molar-refractivity contribution is 8.00. The lowest BCUT2D eigenvalue weighted by atomic mass is 10.1. The van der Waals surface area contributed by atoms with Crippen LogP contribution in [0.4, 0.5) is 10.8 Å². The molecule has 202 valence electrons. The standard InChI is InChI=1S/C31H27N3O3S3/c1-21-13-15-23(16-14-21)28-22(2)38-31(32-28)33-30(35)29(24-9-5-3-6-10-24)39-26-19-17-25(18-20-26)34-40(36,37)27-11-7-4-8-12-27/h3-20,29,34H,1-2H3,(H,32,33,35). The molecular weight excluding hydrogens is 559 g/mol. The summed E-state index contributed by atoms with van der Waals surface area (Å²) in [5, 5.41) is 3.02. The number of rotatable bonds is 9. The summed E-state index contributed by atoms with van der Waals surface area (Å²) in [4.78, 5) is 20.3. The van der Waals surface area contributed by atoms with Gasteiger partial charge in [-0.3, -0.25) is 9.52 Å². The van der Waals surface area contributed by atoms with E-state index in [1.165, 1.54) is 28.7 Å². The summed E-state index contributed by atoms with van der Waals surface area (Å²) in [6.45, 7) is 4.04. The van der Waals surface area contributed by atoms with Crippen LogP contribution in [0.1, 0.15) is 21.3 Å². The van der Waals surface area contributed by atoms with Crippen molar-refractivity contribution in [2.75, 3.05) is 10.0 Å². The molecule has 0 saturated carbocycles. The molecule has 1 heterocycles. The van der Waals surface area contributed by atoms with Crippen molar-refractivity contribution in [3.8, 4) is 11.3 Å². The average molecular weight is 586 g/mol. The number of nitrogens with one attached hydrogen (secondary N) is 2. The second-order valence-electron chi connectivity index (χ2n) is 9.13. The van der Waals surface area contributed by atoms with Crippen LogP contribution in [0.2, 0.25) is 0 Å². The molecule has 0 aliphatic heterocycles. The molecule has 1 atom stereocenters. The van der Waals surface area contributed by atoms with Crippen LogP contribution in [0.5, 0.6) is 0 Å². The lowest BCUT2D eigenvalue weighted by Gasteiger charge is -2.16. The largest absolute Gasteiger partial charge is 0.301 e. The Morgan fingerprint density at radius 3 is 2.10 bits per heavy atom.